The van der Waals surface area contributed by atoms with E-state index in [1.807, 2.05) is 0 Å². The van der Waals surface area contributed by atoms with Gasteiger partial charge >= 0.3 is 16.4 Å². The molecule has 0 fully saturated rings. The van der Waals surface area contributed by atoms with Crippen LogP contribution < -0.4 is 0 Å². The van der Waals surface area contributed by atoms with Gasteiger partial charge in [-0.3, -0.25) is 0 Å². The van der Waals surface area contributed by atoms with Crippen LogP contribution in [0, 0.1) is 11.3 Å². The Morgan fingerprint density at radius 3 is 2.19 bits per heavy atom. The first-order valence-corrected chi connectivity index (χ1v) is 5.10. The minimum Gasteiger partial charge on any atom is -0.192 e. The Labute approximate surface area is 88.1 Å². The first-order valence-electron chi connectivity index (χ1n) is 3.72. The van der Waals surface area contributed by atoms with Crippen LogP contribution in [0.15, 0.2) is 23.1 Å². The van der Waals surface area contributed by atoms with Gasteiger partial charge in [-0.1, -0.05) is 0 Å². The van der Waals surface area contributed by atoms with Crippen LogP contribution in [-0.2, 0) is 16.4 Å². The van der Waals surface area contributed by atoms with E-state index >= 15 is 0 Å². The van der Waals surface area contributed by atoms with Gasteiger partial charge < -0.3 is 0 Å². The normalized spacial score (nSPS) is 12.2. The minimum atomic E-state index is -5.22. The van der Waals surface area contributed by atoms with E-state index in [4.69, 9.17) is 5.26 Å². The fourth-order valence-electron chi connectivity index (χ4n) is 1.01. The van der Waals surface area contributed by atoms with Crippen molar-refractivity contribution in [1.29, 1.82) is 5.26 Å². The van der Waals surface area contributed by atoms with Crippen molar-refractivity contribution in [1.82, 2.24) is 0 Å². The van der Waals surface area contributed by atoms with Gasteiger partial charge in [-0.05, 0) is 18.2 Å². The van der Waals surface area contributed by atoms with Crippen molar-refractivity contribution in [3.05, 3.63) is 29.3 Å². The highest BCUT2D eigenvalue weighted by Gasteiger charge is 2.34. The third-order valence-electron chi connectivity index (χ3n) is 1.70. The van der Waals surface area contributed by atoms with Crippen LogP contribution in [0.4, 0.5) is 17.1 Å². The summed E-state index contributed by atoms with van der Waals surface area (Å²) in [5.41, 5.74) is -2.24. The molecule has 0 aliphatic carbocycles. The van der Waals surface area contributed by atoms with E-state index in [0.717, 1.165) is 0 Å². The third kappa shape index (κ3) is 2.49. The molecule has 0 aliphatic rings. The molecule has 0 saturated carbocycles. The minimum absolute atomic E-state index is 0.0912. The molecule has 0 unspecified atom stereocenters. The second-order valence-corrected chi connectivity index (χ2v) is 4.10. The smallest absolute Gasteiger partial charge is 0.192 e. The lowest BCUT2D eigenvalue weighted by Gasteiger charge is -2.08. The quantitative estimate of drug-likeness (QED) is 0.569. The number of nitrogens with zero attached hydrogens (tertiary/aromatic N) is 1. The predicted molar refractivity (Wildman–Crippen MR) is 44.5 cm³/mol. The van der Waals surface area contributed by atoms with E-state index < -0.39 is 32.4 Å². The van der Waals surface area contributed by atoms with Crippen molar-refractivity contribution in [3.63, 3.8) is 0 Å². The molecule has 0 saturated heterocycles. The SMILES string of the molecule is N#Cc1ccc(S(=O)(=O)F)cc1C(F)(F)F. The predicted octanol–water partition coefficient (Wildman–Crippen LogP) is 2.24. The first-order chi connectivity index (χ1) is 7.16. The van der Waals surface area contributed by atoms with Crippen LogP contribution in [0.25, 0.3) is 0 Å². The van der Waals surface area contributed by atoms with Crippen molar-refractivity contribution in [2.75, 3.05) is 0 Å². The molecule has 16 heavy (non-hydrogen) atoms. The number of hydrogen-bond acceptors (Lipinski definition) is 3. The topological polar surface area (TPSA) is 57.9 Å². The molecule has 0 radical (unpaired) electrons. The van der Waals surface area contributed by atoms with E-state index in [9.17, 15) is 25.5 Å². The van der Waals surface area contributed by atoms with Crippen molar-refractivity contribution in [2.45, 2.75) is 11.1 Å². The van der Waals surface area contributed by atoms with Crippen LogP contribution in [0.5, 0.6) is 0 Å². The van der Waals surface area contributed by atoms with Crippen LogP contribution in [0.3, 0.4) is 0 Å². The lowest BCUT2D eigenvalue weighted by Crippen LogP contribution is -2.09. The fraction of sp³-hybridized carbons (Fsp3) is 0.125. The lowest BCUT2D eigenvalue weighted by molar-refractivity contribution is -0.137. The molecule has 0 aromatic heterocycles. The third-order valence-corrected chi connectivity index (χ3v) is 2.52. The maximum Gasteiger partial charge on any atom is 0.417 e. The molecule has 0 N–H and O–H groups in total. The molecular formula is C8H3F4NO2S. The van der Waals surface area contributed by atoms with Gasteiger partial charge in [0.15, 0.2) is 0 Å². The summed E-state index contributed by atoms with van der Waals surface area (Å²) in [5.74, 6) is 0. The Morgan fingerprint density at radius 2 is 1.81 bits per heavy atom. The fourth-order valence-corrected chi connectivity index (χ4v) is 1.50. The van der Waals surface area contributed by atoms with E-state index in [1.165, 1.54) is 6.07 Å². The van der Waals surface area contributed by atoms with Gasteiger partial charge in [-0.25, -0.2) is 0 Å². The summed E-state index contributed by atoms with van der Waals surface area (Å²) in [7, 11) is -5.22. The van der Waals surface area contributed by atoms with Crippen molar-refractivity contribution in [2.24, 2.45) is 0 Å². The molecule has 0 aliphatic heterocycles. The highest BCUT2D eigenvalue weighted by Crippen LogP contribution is 2.33. The Morgan fingerprint density at radius 1 is 1.25 bits per heavy atom. The number of hydrogen-bond donors (Lipinski definition) is 0. The molecule has 0 heterocycles. The zero-order valence-electron chi connectivity index (χ0n) is 7.42. The molecule has 1 rings (SSSR count). The standard InChI is InChI=1S/C8H3F4NO2S/c9-8(10,11)7-3-6(16(12,14)15)2-1-5(7)4-13/h1-3H. The maximum absolute atomic E-state index is 12.4. The lowest BCUT2D eigenvalue weighted by atomic mass is 10.1. The first kappa shape index (κ1) is 12.4. The van der Waals surface area contributed by atoms with Gasteiger partial charge in [0.2, 0.25) is 0 Å². The van der Waals surface area contributed by atoms with Gasteiger partial charge in [0.1, 0.15) is 0 Å². The van der Waals surface area contributed by atoms with E-state index in [1.54, 1.807) is 0 Å². The maximum atomic E-state index is 12.4. The number of rotatable bonds is 1. The zero-order chi connectivity index (χ0) is 12.6. The monoisotopic (exact) mass is 253 g/mol. The van der Waals surface area contributed by atoms with Crippen molar-refractivity contribution < 1.29 is 25.5 Å². The molecule has 86 valence electrons. The van der Waals surface area contributed by atoms with E-state index in [0.29, 0.717) is 12.1 Å². The number of nitriles is 1. The second-order valence-electron chi connectivity index (χ2n) is 2.75. The van der Waals surface area contributed by atoms with Crippen LogP contribution in [0.1, 0.15) is 11.1 Å². The van der Waals surface area contributed by atoms with E-state index in [-0.39, 0.29) is 6.07 Å². The van der Waals surface area contributed by atoms with Gasteiger partial charge in [-0.15, -0.1) is 3.89 Å². The largest absolute Gasteiger partial charge is 0.417 e. The molecule has 0 atom stereocenters. The molecule has 8 heteroatoms. The van der Waals surface area contributed by atoms with Crippen molar-refractivity contribution >= 4 is 10.2 Å². The Bertz CT molecular complexity index is 556. The summed E-state index contributed by atoms with van der Waals surface area (Å²) in [6.45, 7) is 0. The summed E-state index contributed by atoms with van der Waals surface area (Å²) in [5, 5.41) is 8.38. The van der Waals surface area contributed by atoms with Gasteiger partial charge in [0, 0.05) is 0 Å². The van der Waals surface area contributed by atoms with Gasteiger partial charge in [-0.2, -0.15) is 26.9 Å². The Kier molecular flexibility index (Phi) is 2.92. The zero-order valence-corrected chi connectivity index (χ0v) is 8.23. The molecule has 1 aromatic carbocycles. The number of halogens is 4. The molecule has 1 aromatic rings. The van der Waals surface area contributed by atoms with E-state index in [2.05, 4.69) is 0 Å². The molecule has 0 amide bonds. The number of benzene rings is 1. The Balaban J connectivity index is 3.53. The summed E-state index contributed by atoms with van der Waals surface area (Å²) in [4.78, 5) is -1.13. The molecular weight excluding hydrogens is 250 g/mol. The highest BCUT2D eigenvalue weighted by atomic mass is 32.3. The van der Waals surface area contributed by atoms with Gasteiger partial charge in [0.05, 0.1) is 22.1 Å². The highest BCUT2D eigenvalue weighted by molar-refractivity contribution is 7.86. The van der Waals surface area contributed by atoms with Crippen LogP contribution in [-0.4, -0.2) is 8.42 Å². The van der Waals surface area contributed by atoms with Gasteiger partial charge in [0.25, 0.3) is 0 Å². The van der Waals surface area contributed by atoms with Crippen LogP contribution in [0.2, 0.25) is 0 Å². The Hall–Kier alpha value is -1.62. The second kappa shape index (κ2) is 3.75. The summed E-state index contributed by atoms with van der Waals surface area (Å²) in [6, 6.07) is 2.54. The molecule has 0 bridgehead atoms. The van der Waals surface area contributed by atoms with Crippen molar-refractivity contribution in [3.8, 4) is 6.07 Å². The summed E-state index contributed by atoms with van der Waals surface area (Å²) in [6.07, 6.45) is -4.91. The van der Waals surface area contributed by atoms with Crippen LogP contribution >= 0.6 is 0 Å². The average molecular weight is 253 g/mol. The summed E-state index contributed by atoms with van der Waals surface area (Å²) >= 11 is 0. The average Bonchev–Trinajstić information content (AvgIpc) is 2.14. The summed E-state index contributed by atoms with van der Waals surface area (Å²) < 4.78 is 70.2. The molecule has 0 spiro atoms. The molecule has 3 nitrogen and oxygen atoms in total. The number of alkyl halides is 3.